The van der Waals surface area contributed by atoms with Gasteiger partial charge in [0, 0.05) is 22.3 Å². The lowest BCUT2D eigenvalue weighted by Gasteiger charge is -2.05. The van der Waals surface area contributed by atoms with Crippen LogP contribution in [-0.2, 0) is 13.1 Å². The summed E-state index contributed by atoms with van der Waals surface area (Å²) in [5, 5.41) is 8.42. The molecule has 0 saturated carbocycles. The second kappa shape index (κ2) is 5.87. The Labute approximate surface area is 117 Å². The van der Waals surface area contributed by atoms with Crippen molar-refractivity contribution < 1.29 is 0 Å². The van der Waals surface area contributed by atoms with Crippen LogP contribution in [0.3, 0.4) is 0 Å². The van der Waals surface area contributed by atoms with E-state index in [2.05, 4.69) is 36.4 Å². The van der Waals surface area contributed by atoms with E-state index < -0.39 is 0 Å². The Hall–Kier alpha value is -0.840. The van der Waals surface area contributed by atoms with Crippen molar-refractivity contribution in [3.63, 3.8) is 0 Å². The zero-order valence-electron chi connectivity index (χ0n) is 10.9. The van der Waals surface area contributed by atoms with E-state index in [-0.39, 0.29) is 0 Å². The molecule has 2 aromatic rings. The lowest BCUT2D eigenvalue weighted by molar-refractivity contribution is 0.593. The largest absolute Gasteiger partial charge is 0.310 e. The van der Waals surface area contributed by atoms with Crippen molar-refractivity contribution in [2.75, 3.05) is 0 Å². The first-order chi connectivity index (χ1) is 8.56. The minimum absolute atomic E-state index is 0.516. The van der Waals surface area contributed by atoms with Crippen LogP contribution in [0.4, 0.5) is 0 Å². The summed E-state index contributed by atoms with van der Waals surface area (Å²) in [6.45, 7) is 8.03. The van der Waals surface area contributed by atoms with Gasteiger partial charge in [-0.1, -0.05) is 25.4 Å². The fraction of sp³-hybridized carbons (Fsp3) is 0.462. The van der Waals surface area contributed by atoms with Gasteiger partial charge in [-0.25, -0.2) is 0 Å². The van der Waals surface area contributed by atoms with E-state index in [4.69, 9.17) is 11.6 Å². The van der Waals surface area contributed by atoms with Gasteiger partial charge in [0.25, 0.3) is 0 Å². The Kier molecular flexibility index (Phi) is 4.43. The van der Waals surface area contributed by atoms with Crippen LogP contribution in [0.1, 0.15) is 29.3 Å². The molecule has 0 atom stereocenters. The minimum atomic E-state index is 0.516. The summed E-state index contributed by atoms with van der Waals surface area (Å²) in [4.78, 5) is 2.66. The second-order valence-electron chi connectivity index (χ2n) is 4.64. The average molecular weight is 284 g/mol. The summed E-state index contributed by atoms with van der Waals surface area (Å²) >= 11 is 7.82. The molecule has 0 saturated heterocycles. The molecular formula is C13H18ClN3S. The Morgan fingerprint density at radius 3 is 2.72 bits per heavy atom. The summed E-state index contributed by atoms with van der Waals surface area (Å²) in [5.41, 5.74) is 1.02. The van der Waals surface area contributed by atoms with Crippen molar-refractivity contribution in [1.82, 2.24) is 15.1 Å². The van der Waals surface area contributed by atoms with Gasteiger partial charge in [0.15, 0.2) is 0 Å². The van der Waals surface area contributed by atoms with E-state index in [9.17, 15) is 0 Å². The van der Waals surface area contributed by atoms with Crippen LogP contribution in [0.2, 0.25) is 5.02 Å². The molecule has 0 spiro atoms. The number of aromatic nitrogens is 2. The summed E-state index contributed by atoms with van der Waals surface area (Å²) in [6.07, 6.45) is 1.70. The molecular weight excluding hydrogens is 266 g/mol. The highest BCUT2D eigenvalue weighted by molar-refractivity contribution is 7.11. The van der Waals surface area contributed by atoms with Crippen LogP contribution in [0.5, 0.6) is 0 Å². The van der Waals surface area contributed by atoms with Crippen LogP contribution in [0.25, 0.3) is 0 Å². The zero-order valence-corrected chi connectivity index (χ0v) is 12.5. The maximum atomic E-state index is 6.00. The first kappa shape index (κ1) is 13.6. The van der Waals surface area contributed by atoms with Crippen LogP contribution < -0.4 is 5.32 Å². The molecule has 0 radical (unpaired) electrons. The summed E-state index contributed by atoms with van der Waals surface area (Å²) < 4.78 is 1.94. The molecule has 3 nitrogen and oxygen atoms in total. The molecule has 0 unspecified atom stereocenters. The molecule has 18 heavy (non-hydrogen) atoms. The molecule has 0 bridgehead atoms. The molecule has 0 amide bonds. The van der Waals surface area contributed by atoms with E-state index in [1.807, 2.05) is 22.9 Å². The lowest BCUT2D eigenvalue weighted by Crippen LogP contribution is -2.21. The van der Waals surface area contributed by atoms with Crippen molar-refractivity contribution in [2.45, 2.75) is 39.9 Å². The van der Waals surface area contributed by atoms with Crippen LogP contribution >= 0.6 is 22.9 Å². The van der Waals surface area contributed by atoms with E-state index in [1.165, 1.54) is 9.75 Å². The standard InChI is InChI=1S/C13H18ClN3S/c1-9(2)15-6-11-4-5-12(18-11)8-17-10(3)13(14)7-16-17/h4-5,7,9,15H,6,8H2,1-3H3. The van der Waals surface area contributed by atoms with Crippen molar-refractivity contribution in [2.24, 2.45) is 0 Å². The van der Waals surface area contributed by atoms with E-state index in [1.54, 1.807) is 6.20 Å². The monoisotopic (exact) mass is 283 g/mol. The number of nitrogens with one attached hydrogen (secondary N) is 1. The predicted octanol–water partition coefficient (Wildman–Crippen LogP) is 3.45. The Morgan fingerprint density at radius 1 is 1.39 bits per heavy atom. The van der Waals surface area contributed by atoms with Crippen molar-refractivity contribution >= 4 is 22.9 Å². The lowest BCUT2D eigenvalue weighted by atomic mass is 10.3. The fourth-order valence-electron chi connectivity index (χ4n) is 1.64. The van der Waals surface area contributed by atoms with Gasteiger partial charge < -0.3 is 5.32 Å². The molecule has 1 N–H and O–H groups in total. The third-order valence-corrected chi connectivity index (χ3v) is 4.19. The predicted molar refractivity (Wildman–Crippen MR) is 77.4 cm³/mol. The fourth-order valence-corrected chi connectivity index (χ4v) is 2.73. The quantitative estimate of drug-likeness (QED) is 0.911. The first-order valence-electron chi connectivity index (χ1n) is 6.05. The molecule has 2 heterocycles. The van der Waals surface area contributed by atoms with Gasteiger partial charge in [-0.15, -0.1) is 11.3 Å². The molecule has 2 rings (SSSR count). The molecule has 0 aliphatic rings. The third-order valence-electron chi connectivity index (χ3n) is 2.75. The third kappa shape index (κ3) is 3.34. The Morgan fingerprint density at radius 2 is 2.11 bits per heavy atom. The highest BCUT2D eigenvalue weighted by atomic mass is 35.5. The van der Waals surface area contributed by atoms with Crippen molar-refractivity contribution in [3.8, 4) is 0 Å². The smallest absolute Gasteiger partial charge is 0.0815 e. The Bertz CT molecular complexity index is 516. The number of hydrogen-bond acceptors (Lipinski definition) is 3. The van der Waals surface area contributed by atoms with Crippen LogP contribution in [-0.4, -0.2) is 15.8 Å². The molecule has 0 aliphatic carbocycles. The SMILES string of the molecule is Cc1c(Cl)cnn1Cc1ccc(CNC(C)C)s1. The van der Waals surface area contributed by atoms with Crippen LogP contribution in [0, 0.1) is 6.92 Å². The molecule has 0 aromatic carbocycles. The average Bonchev–Trinajstić information content (AvgIpc) is 2.89. The van der Waals surface area contributed by atoms with E-state index >= 15 is 0 Å². The van der Waals surface area contributed by atoms with E-state index in [0.717, 1.165) is 23.8 Å². The second-order valence-corrected chi connectivity index (χ2v) is 6.30. The Balaban J connectivity index is 2.00. The topological polar surface area (TPSA) is 29.9 Å². The molecule has 98 valence electrons. The maximum absolute atomic E-state index is 6.00. The summed E-state index contributed by atoms with van der Waals surface area (Å²) in [5.74, 6) is 0. The van der Waals surface area contributed by atoms with Gasteiger partial charge in [-0.2, -0.15) is 5.10 Å². The highest BCUT2D eigenvalue weighted by Crippen LogP contribution is 2.20. The normalized spacial score (nSPS) is 11.4. The molecule has 0 aliphatic heterocycles. The number of halogens is 1. The minimum Gasteiger partial charge on any atom is -0.310 e. The van der Waals surface area contributed by atoms with Crippen LogP contribution in [0.15, 0.2) is 18.3 Å². The van der Waals surface area contributed by atoms with Gasteiger partial charge >= 0.3 is 0 Å². The first-order valence-corrected chi connectivity index (χ1v) is 7.24. The van der Waals surface area contributed by atoms with Crippen molar-refractivity contribution in [1.29, 1.82) is 0 Å². The van der Waals surface area contributed by atoms with Gasteiger partial charge in [-0.05, 0) is 19.1 Å². The van der Waals surface area contributed by atoms with E-state index in [0.29, 0.717) is 6.04 Å². The van der Waals surface area contributed by atoms with Crippen molar-refractivity contribution in [3.05, 3.63) is 38.8 Å². The molecule has 2 aromatic heterocycles. The number of thiophene rings is 1. The van der Waals surface area contributed by atoms with Gasteiger partial charge in [-0.3, -0.25) is 4.68 Å². The highest BCUT2D eigenvalue weighted by Gasteiger charge is 2.06. The number of nitrogens with zero attached hydrogens (tertiary/aromatic N) is 2. The summed E-state index contributed by atoms with van der Waals surface area (Å²) in [7, 11) is 0. The maximum Gasteiger partial charge on any atom is 0.0815 e. The van der Waals surface area contributed by atoms with Gasteiger partial charge in [0.2, 0.25) is 0 Å². The number of hydrogen-bond donors (Lipinski definition) is 1. The zero-order chi connectivity index (χ0) is 13.1. The number of rotatable bonds is 5. The van der Waals surface area contributed by atoms with Gasteiger partial charge in [0.1, 0.15) is 0 Å². The molecule has 0 fully saturated rings. The van der Waals surface area contributed by atoms with Gasteiger partial charge in [0.05, 0.1) is 23.5 Å². The summed E-state index contributed by atoms with van der Waals surface area (Å²) in [6, 6.07) is 4.86. The molecule has 5 heteroatoms.